The van der Waals surface area contributed by atoms with E-state index in [0.29, 0.717) is 24.5 Å². The van der Waals surface area contributed by atoms with Crippen molar-refractivity contribution < 1.29 is 4.74 Å². The molecule has 0 aliphatic carbocycles. The molecule has 0 atom stereocenters. The number of aryl methyl sites for hydroxylation is 1. The first kappa shape index (κ1) is 19.2. The lowest BCUT2D eigenvalue weighted by Gasteiger charge is -2.20. The molecule has 0 radical (unpaired) electrons. The average molecular weight is 393 g/mol. The van der Waals surface area contributed by atoms with E-state index in [1.165, 1.54) is 12.8 Å². The van der Waals surface area contributed by atoms with Crippen molar-refractivity contribution in [2.75, 3.05) is 30.4 Å². The molecule has 3 heterocycles. The molecular formula is C21H27N7O. The van der Waals surface area contributed by atoms with Gasteiger partial charge >= 0.3 is 6.01 Å². The van der Waals surface area contributed by atoms with Crippen LogP contribution in [0.1, 0.15) is 31.2 Å². The van der Waals surface area contributed by atoms with E-state index in [2.05, 4.69) is 42.4 Å². The molecule has 1 fully saturated rings. The fraction of sp³-hybridized carbons (Fsp3) is 0.429. The van der Waals surface area contributed by atoms with Crippen LogP contribution in [0.25, 0.3) is 11.3 Å². The first-order valence-electron chi connectivity index (χ1n) is 10.1. The van der Waals surface area contributed by atoms with E-state index in [4.69, 9.17) is 4.74 Å². The first-order chi connectivity index (χ1) is 14.2. The predicted octanol–water partition coefficient (Wildman–Crippen LogP) is 3.27. The van der Waals surface area contributed by atoms with Crippen LogP contribution in [0.15, 0.2) is 36.5 Å². The van der Waals surface area contributed by atoms with Crippen LogP contribution in [0.5, 0.6) is 6.01 Å². The molecule has 1 saturated heterocycles. The van der Waals surface area contributed by atoms with Crippen LogP contribution in [0, 0.1) is 0 Å². The average Bonchev–Trinajstić information content (AvgIpc) is 2.94. The molecule has 1 N–H and O–H groups in total. The maximum atomic E-state index is 5.32. The summed E-state index contributed by atoms with van der Waals surface area (Å²) in [4.78, 5) is 15.7. The molecule has 1 aliphatic heterocycles. The molecule has 0 spiro atoms. The summed E-state index contributed by atoms with van der Waals surface area (Å²) < 4.78 is 7.15. The van der Waals surface area contributed by atoms with Gasteiger partial charge in [0.15, 0.2) is 0 Å². The Labute approximate surface area is 171 Å². The van der Waals surface area contributed by atoms with Crippen molar-refractivity contribution in [1.82, 2.24) is 24.7 Å². The summed E-state index contributed by atoms with van der Waals surface area (Å²) in [6.07, 6.45) is 6.85. The van der Waals surface area contributed by atoms with Gasteiger partial charge < -0.3 is 15.0 Å². The molecule has 8 nitrogen and oxygen atoms in total. The monoisotopic (exact) mass is 393 g/mol. The quantitative estimate of drug-likeness (QED) is 0.688. The summed E-state index contributed by atoms with van der Waals surface area (Å²) in [6, 6.07) is 10.5. The number of nitrogens with zero attached hydrogens (tertiary/aromatic N) is 6. The smallest absolute Gasteiger partial charge is 0.322 e. The third-order valence-electron chi connectivity index (χ3n) is 5.06. The second-order valence-electron chi connectivity index (χ2n) is 7.24. The molecule has 1 aliphatic rings. The fourth-order valence-corrected chi connectivity index (χ4v) is 3.61. The van der Waals surface area contributed by atoms with E-state index >= 15 is 0 Å². The van der Waals surface area contributed by atoms with Crippen LogP contribution in [-0.2, 0) is 13.6 Å². The van der Waals surface area contributed by atoms with Crippen molar-refractivity contribution in [1.29, 1.82) is 0 Å². The Bertz CT molecular complexity index is 933. The summed E-state index contributed by atoms with van der Waals surface area (Å²) in [7, 11) is 3.51. The Morgan fingerprint density at radius 2 is 1.76 bits per heavy atom. The maximum absolute atomic E-state index is 5.32. The Kier molecular flexibility index (Phi) is 5.88. The van der Waals surface area contributed by atoms with Gasteiger partial charge in [-0.05, 0) is 12.8 Å². The van der Waals surface area contributed by atoms with E-state index in [-0.39, 0.29) is 0 Å². The number of aromatic nitrogens is 5. The number of ether oxygens (including phenoxy) is 1. The Morgan fingerprint density at radius 1 is 1.00 bits per heavy atom. The molecule has 1 aromatic carbocycles. The Morgan fingerprint density at radius 3 is 2.48 bits per heavy atom. The van der Waals surface area contributed by atoms with Gasteiger partial charge in [-0.15, -0.1) is 0 Å². The van der Waals surface area contributed by atoms with Gasteiger partial charge in [-0.2, -0.15) is 20.1 Å². The second kappa shape index (κ2) is 8.89. The highest BCUT2D eigenvalue weighted by atomic mass is 16.5. The molecule has 2 aromatic heterocycles. The standard InChI is InChI=1S/C21H27N7O/c1-27-15-17(18(26-27)16-10-6-5-7-11-16)14-22-19-23-20(25-21(24-19)29-2)28-12-8-3-4-9-13-28/h5-7,10-11,15H,3-4,8-9,12-14H2,1-2H3,(H,22,23,24,25). The van der Waals surface area contributed by atoms with Gasteiger partial charge in [0, 0.05) is 44.0 Å². The van der Waals surface area contributed by atoms with Gasteiger partial charge in [0.05, 0.1) is 12.8 Å². The van der Waals surface area contributed by atoms with Gasteiger partial charge in [0.2, 0.25) is 11.9 Å². The maximum Gasteiger partial charge on any atom is 0.322 e. The zero-order valence-corrected chi connectivity index (χ0v) is 17.0. The lowest BCUT2D eigenvalue weighted by molar-refractivity contribution is 0.378. The van der Waals surface area contributed by atoms with Crippen LogP contribution in [0.4, 0.5) is 11.9 Å². The summed E-state index contributed by atoms with van der Waals surface area (Å²) in [5.41, 5.74) is 3.12. The largest absolute Gasteiger partial charge is 0.467 e. The van der Waals surface area contributed by atoms with Crippen LogP contribution in [0.3, 0.4) is 0 Å². The third-order valence-corrected chi connectivity index (χ3v) is 5.06. The van der Waals surface area contributed by atoms with Crippen LogP contribution >= 0.6 is 0 Å². The van der Waals surface area contributed by atoms with Crippen molar-refractivity contribution in [3.8, 4) is 17.3 Å². The van der Waals surface area contributed by atoms with E-state index in [1.807, 2.05) is 36.1 Å². The van der Waals surface area contributed by atoms with Gasteiger partial charge in [-0.3, -0.25) is 4.68 Å². The fourth-order valence-electron chi connectivity index (χ4n) is 3.61. The number of anilines is 2. The minimum atomic E-state index is 0.330. The summed E-state index contributed by atoms with van der Waals surface area (Å²) in [6.45, 7) is 2.49. The molecule has 0 saturated carbocycles. The number of nitrogens with one attached hydrogen (secondary N) is 1. The van der Waals surface area contributed by atoms with Crippen molar-refractivity contribution in [2.45, 2.75) is 32.2 Å². The molecule has 0 unspecified atom stereocenters. The highest BCUT2D eigenvalue weighted by Crippen LogP contribution is 2.23. The molecule has 152 valence electrons. The second-order valence-corrected chi connectivity index (χ2v) is 7.24. The molecule has 3 aromatic rings. The molecule has 29 heavy (non-hydrogen) atoms. The molecule has 4 rings (SSSR count). The van der Waals surface area contributed by atoms with Gasteiger partial charge in [-0.25, -0.2) is 0 Å². The van der Waals surface area contributed by atoms with Gasteiger partial charge in [0.1, 0.15) is 0 Å². The topological polar surface area (TPSA) is 81.0 Å². The zero-order valence-electron chi connectivity index (χ0n) is 17.0. The van der Waals surface area contributed by atoms with Crippen molar-refractivity contribution in [3.05, 3.63) is 42.1 Å². The Hall–Kier alpha value is -3.16. The number of hydrogen-bond acceptors (Lipinski definition) is 7. The number of methoxy groups -OCH3 is 1. The van der Waals surface area contributed by atoms with Crippen LogP contribution in [-0.4, -0.2) is 44.9 Å². The van der Waals surface area contributed by atoms with E-state index in [1.54, 1.807) is 7.11 Å². The number of rotatable bonds is 6. The minimum absolute atomic E-state index is 0.330. The highest BCUT2D eigenvalue weighted by molar-refractivity contribution is 5.63. The van der Waals surface area contributed by atoms with Crippen molar-refractivity contribution in [3.63, 3.8) is 0 Å². The third kappa shape index (κ3) is 4.64. The van der Waals surface area contributed by atoms with E-state index in [0.717, 1.165) is 42.8 Å². The van der Waals surface area contributed by atoms with E-state index in [9.17, 15) is 0 Å². The van der Waals surface area contributed by atoms with Gasteiger partial charge in [0.25, 0.3) is 0 Å². The van der Waals surface area contributed by atoms with Crippen LogP contribution < -0.4 is 15.0 Å². The normalized spacial score (nSPS) is 14.5. The predicted molar refractivity (Wildman–Crippen MR) is 113 cm³/mol. The summed E-state index contributed by atoms with van der Waals surface area (Å²) in [5, 5.41) is 7.95. The molecule has 8 heteroatoms. The van der Waals surface area contributed by atoms with Crippen molar-refractivity contribution in [2.24, 2.45) is 7.05 Å². The minimum Gasteiger partial charge on any atom is -0.467 e. The lowest BCUT2D eigenvalue weighted by atomic mass is 10.1. The lowest BCUT2D eigenvalue weighted by Crippen LogP contribution is -2.26. The summed E-state index contributed by atoms with van der Waals surface area (Å²) in [5.74, 6) is 1.19. The number of benzene rings is 1. The van der Waals surface area contributed by atoms with Gasteiger partial charge in [-0.1, -0.05) is 43.2 Å². The highest BCUT2D eigenvalue weighted by Gasteiger charge is 2.16. The molecular weight excluding hydrogens is 366 g/mol. The first-order valence-corrected chi connectivity index (χ1v) is 10.1. The van der Waals surface area contributed by atoms with E-state index < -0.39 is 0 Å². The Balaban J connectivity index is 1.55. The molecule has 0 amide bonds. The molecule has 0 bridgehead atoms. The zero-order chi connectivity index (χ0) is 20.1. The summed E-state index contributed by atoms with van der Waals surface area (Å²) >= 11 is 0. The van der Waals surface area contributed by atoms with Crippen molar-refractivity contribution >= 4 is 11.9 Å². The number of hydrogen-bond donors (Lipinski definition) is 1. The SMILES string of the molecule is COc1nc(NCc2cn(C)nc2-c2ccccc2)nc(N2CCCCCC2)n1. The van der Waals surface area contributed by atoms with Crippen LogP contribution in [0.2, 0.25) is 0 Å².